The zero-order valence-corrected chi connectivity index (χ0v) is 14.9. The molecular formula is C18H16FN3O7. The summed E-state index contributed by atoms with van der Waals surface area (Å²) in [5, 5.41) is 15.0. The van der Waals surface area contributed by atoms with Gasteiger partial charge in [0.25, 0.3) is 17.5 Å². The number of hydrogen-bond acceptors (Lipinski definition) is 7. The molecule has 0 saturated carbocycles. The molecule has 2 rings (SSSR count). The summed E-state index contributed by atoms with van der Waals surface area (Å²) in [5.41, 5.74) is -0.842. The highest BCUT2D eigenvalue weighted by Gasteiger charge is 2.15. The maximum atomic E-state index is 13.6. The molecule has 0 saturated heterocycles. The van der Waals surface area contributed by atoms with E-state index in [0.717, 1.165) is 18.2 Å². The summed E-state index contributed by atoms with van der Waals surface area (Å²) < 4.78 is 23.4. The number of carbonyl (C=O) groups is 3. The van der Waals surface area contributed by atoms with Crippen molar-refractivity contribution in [2.45, 2.75) is 0 Å². The number of halogens is 1. The van der Waals surface area contributed by atoms with Crippen molar-refractivity contribution in [2.24, 2.45) is 0 Å². The van der Waals surface area contributed by atoms with Crippen molar-refractivity contribution in [3.8, 4) is 5.75 Å². The van der Waals surface area contributed by atoms with E-state index >= 15 is 0 Å². The van der Waals surface area contributed by atoms with Gasteiger partial charge in [-0.15, -0.1) is 0 Å². The molecule has 11 heteroatoms. The standard InChI is InChI=1S/C18H16FN3O7/c19-14-7-6-12(22(26)27)8-15(14)21-17(24)11-29-18(25)9-20-16(23)10-28-13-4-2-1-3-5-13/h1-8H,9-11H2,(H,20,23)(H,21,24). The van der Waals surface area contributed by atoms with Crippen molar-refractivity contribution in [2.75, 3.05) is 25.1 Å². The molecule has 2 amide bonds. The van der Waals surface area contributed by atoms with Crippen LogP contribution in [0.15, 0.2) is 48.5 Å². The van der Waals surface area contributed by atoms with Crippen LogP contribution in [-0.2, 0) is 19.1 Å². The molecule has 0 aliphatic carbocycles. The van der Waals surface area contributed by atoms with Gasteiger partial charge < -0.3 is 20.1 Å². The van der Waals surface area contributed by atoms with E-state index in [1.807, 2.05) is 0 Å². The average molecular weight is 405 g/mol. The van der Waals surface area contributed by atoms with Crippen molar-refractivity contribution in [3.63, 3.8) is 0 Å². The quantitative estimate of drug-likeness (QED) is 0.366. The topological polar surface area (TPSA) is 137 Å². The van der Waals surface area contributed by atoms with E-state index < -0.39 is 53.1 Å². The first kappa shape index (κ1) is 21.3. The Morgan fingerprint density at radius 1 is 1.03 bits per heavy atom. The number of non-ortho nitro benzene ring substituents is 1. The molecule has 29 heavy (non-hydrogen) atoms. The first-order valence-corrected chi connectivity index (χ1v) is 8.19. The molecular weight excluding hydrogens is 389 g/mol. The Bertz CT molecular complexity index is 906. The molecule has 2 aromatic rings. The van der Waals surface area contributed by atoms with E-state index in [2.05, 4.69) is 15.4 Å². The van der Waals surface area contributed by atoms with Crippen molar-refractivity contribution in [3.05, 3.63) is 64.5 Å². The van der Waals surface area contributed by atoms with Gasteiger partial charge in [0.1, 0.15) is 18.1 Å². The van der Waals surface area contributed by atoms with Crippen LogP contribution in [0.3, 0.4) is 0 Å². The number of carbonyl (C=O) groups excluding carboxylic acids is 3. The molecule has 0 fully saturated rings. The van der Waals surface area contributed by atoms with Crippen LogP contribution >= 0.6 is 0 Å². The van der Waals surface area contributed by atoms with E-state index in [1.54, 1.807) is 30.3 Å². The van der Waals surface area contributed by atoms with Gasteiger partial charge >= 0.3 is 5.97 Å². The fraction of sp³-hybridized carbons (Fsp3) is 0.167. The predicted molar refractivity (Wildman–Crippen MR) is 97.6 cm³/mol. The number of anilines is 1. The number of nitro benzene ring substituents is 1. The van der Waals surface area contributed by atoms with Crippen LogP contribution < -0.4 is 15.4 Å². The molecule has 0 aliphatic rings. The molecule has 0 atom stereocenters. The second kappa shape index (κ2) is 10.3. The van der Waals surface area contributed by atoms with E-state index in [0.29, 0.717) is 5.75 Å². The maximum Gasteiger partial charge on any atom is 0.325 e. The Kier molecular flexibility index (Phi) is 7.59. The van der Waals surface area contributed by atoms with Gasteiger partial charge in [-0.05, 0) is 18.2 Å². The number of esters is 1. The molecule has 0 unspecified atom stereocenters. The molecule has 152 valence electrons. The fourth-order valence-electron chi connectivity index (χ4n) is 1.99. The zero-order chi connectivity index (χ0) is 21.2. The molecule has 0 heterocycles. The molecule has 0 aromatic heterocycles. The normalized spacial score (nSPS) is 9.97. The minimum Gasteiger partial charge on any atom is -0.484 e. The summed E-state index contributed by atoms with van der Waals surface area (Å²) in [6.07, 6.45) is 0. The van der Waals surface area contributed by atoms with Crippen LogP contribution in [0.4, 0.5) is 15.8 Å². The van der Waals surface area contributed by atoms with Gasteiger partial charge in [-0.3, -0.25) is 24.5 Å². The maximum absolute atomic E-state index is 13.6. The summed E-state index contributed by atoms with van der Waals surface area (Å²) in [4.78, 5) is 44.8. The lowest BCUT2D eigenvalue weighted by atomic mass is 10.2. The van der Waals surface area contributed by atoms with Gasteiger partial charge in [0.2, 0.25) is 0 Å². The fourth-order valence-corrected chi connectivity index (χ4v) is 1.99. The van der Waals surface area contributed by atoms with E-state index in [1.165, 1.54) is 0 Å². The Hall–Kier alpha value is -4.02. The minimum absolute atomic E-state index is 0.316. The van der Waals surface area contributed by atoms with Crippen LogP contribution in [0.25, 0.3) is 0 Å². The Labute approximate surface area is 163 Å². The molecule has 0 radical (unpaired) electrons. The number of ether oxygens (including phenoxy) is 2. The van der Waals surface area contributed by atoms with E-state index in [4.69, 9.17) is 4.74 Å². The third-order valence-electron chi connectivity index (χ3n) is 3.34. The van der Waals surface area contributed by atoms with Crippen molar-refractivity contribution >= 4 is 29.2 Å². The summed E-state index contributed by atoms with van der Waals surface area (Å²) in [5.74, 6) is -2.80. The number of para-hydroxylation sites is 1. The number of nitrogens with one attached hydrogen (secondary N) is 2. The van der Waals surface area contributed by atoms with Gasteiger partial charge in [0.05, 0.1) is 10.6 Å². The van der Waals surface area contributed by atoms with E-state index in [9.17, 15) is 28.9 Å². The summed E-state index contributed by atoms with van der Waals surface area (Å²) >= 11 is 0. The Morgan fingerprint density at radius 3 is 2.45 bits per heavy atom. The van der Waals surface area contributed by atoms with Crippen LogP contribution in [0.5, 0.6) is 5.75 Å². The van der Waals surface area contributed by atoms with Crippen LogP contribution in [0.2, 0.25) is 0 Å². The number of benzene rings is 2. The van der Waals surface area contributed by atoms with Gasteiger partial charge in [-0.1, -0.05) is 18.2 Å². The molecule has 10 nitrogen and oxygen atoms in total. The number of rotatable bonds is 9. The van der Waals surface area contributed by atoms with Crippen molar-refractivity contribution in [1.82, 2.24) is 5.32 Å². The predicted octanol–water partition coefficient (Wildman–Crippen LogP) is 1.41. The monoisotopic (exact) mass is 405 g/mol. The third-order valence-corrected chi connectivity index (χ3v) is 3.34. The summed E-state index contributed by atoms with van der Waals surface area (Å²) in [7, 11) is 0. The zero-order valence-electron chi connectivity index (χ0n) is 14.9. The average Bonchev–Trinajstić information content (AvgIpc) is 2.71. The van der Waals surface area contributed by atoms with Gasteiger partial charge in [-0.25, -0.2) is 4.39 Å². The minimum atomic E-state index is -0.910. The highest BCUT2D eigenvalue weighted by Crippen LogP contribution is 2.21. The number of hydrogen-bond donors (Lipinski definition) is 2. The Morgan fingerprint density at radius 2 is 1.76 bits per heavy atom. The number of amides is 2. The molecule has 2 aromatic carbocycles. The van der Waals surface area contributed by atoms with Crippen LogP contribution in [-0.4, -0.2) is 42.5 Å². The Balaban J connectivity index is 1.70. The van der Waals surface area contributed by atoms with Crippen molar-refractivity contribution < 1.29 is 33.2 Å². The second-order valence-corrected chi connectivity index (χ2v) is 5.51. The first-order chi connectivity index (χ1) is 13.8. The van der Waals surface area contributed by atoms with E-state index in [-0.39, 0.29) is 6.61 Å². The highest BCUT2D eigenvalue weighted by molar-refractivity contribution is 5.93. The third kappa shape index (κ3) is 7.25. The van der Waals surface area contributed by atoms with Gasteiger partial charge in [0, 0.05) is 12.1 Å². The number of nitrogens with zero attached hydrogens (tertiary/aromatic N) is 1. The summed E-state index contributed by atoms with van der Waals surface area (Å²) in [6, 6.07) is 11.2. The van der Waals surface area contributed by atoms with Gasteiger partial charge in [-0.2, -0.15) is 0 Å². The molecule has 2 N–H and O–H groups in total. The lowest BCUT2D eigenvalue weighted by molar-refractivity contribution is -0.384. The number of nitro groups is 1. The first-order valence-electron chi connectivity index (χ1n) is 8.19. The second-order valence-electron chi connectivity index (χ2n) is 5.51. The molecule has 0 bridgehead atoms. The largest absolute Gasteiger partial charge is 0.484 e. The van der Waals surface area contributed by atoms with Gasteiger partial charge in [0.15, 0.2) is 13.2 Å². The SMILES string of the molecule is O=C(COc1ccccc1)NCC(=O)OCC(=O)Nc1cc([N+](=O)[O-])ccc1F. The molecule has 0 spiro atoms. The summed E-state index contributed by atoms with van der Waals surface area (Å²) in [6.45, 7) is -1.59. The van der Waals surface area contributed by atoms with Crippen LogP contribution in [0.1, 0.15) is 0 Å². The smallest absolute Gasteiger partial charge is 0.325 e. The highest BCUT2D eigenvalue weighted by atomic mass is 19.1. The van der Waals surface area contributed by atoms with Crippen molar-refractivity contribution in [1.29, 1.82) is 0 Å². The lowest BCUT2D eigenvalue weighted by Gasteiger charge is -2.09. The molecule has 0 aliphatic heterocycles. The lowest BCUT2D eigenvalue weighted by Crippen LogP contribution is -2.35. The van der Waals surface area contributed by atoms with Crippen LogP contribution in [0, 0.1) is 15.9 Å².